The highest BCUT2D eigenvalue weighted by Crippen LogP contribution is 2.31. The van der Waals surface area contributed by atoms with Crippen LogP contribution in [0.3, 0.4) is 0 Å². The molecular weight excluding hydrogens is 574 g/mol. The molecular formula is C24H27BrF6N2O4. The van der Waals surface area contributed by atoms with Gasteiger partial charge in [-0.1, -0.05) is 22.0 Å². The van der Waals surface area contributed by atoms with E-state index in [1.807, 2.05) is 0 Å². The maximum atomic E-state index is 12.0. The molecule has 0 saturated heterocycles. The lowest BCUT2D eigenvalue weighted by molar-refractivity contribution is -0.171. The van der Waals surface area contributed by atoms with Crippen molar-refractivity contribution in [2.45, 2.75) is 50.9 Å². The summed E-state index contributed by atoms with van der Waals surface area (Å²) in [4.78, 5) is 21.4. The van der Waals surface area contributed by atoms with Crippen molar-refractivity contribution in [3.63, 3.8) is 0 Å². The third kappa shape index (κ3) is 10.9. The van der Waals surface area contributed by atoms with Gasteiger partial charge < -0.3 is 20.9 Å². The number of benzene rings is 2. The molecule has 0 aromatic heterocycles. The van der Waals surface area contributed by atoms with E-state index in [9.17, 15) is 35.9 Å². The molecule has 0 unspecified atom stereocenters. The maximum Gasteiger partial charge on any atom is 0.449 e. The minimum atomic E-state index is -4.75. The van der Waals surface area contributed by atoms with Crippen LogP contribution in [0.25, 0.3) is 0 Å². The molecule has 2 rings (SSSR count). The molecule has 0 radical (unpaired) electrons. The van der Waals surface area contributed by atoms with Crippen LogP contribution < -0.4 is 20.9 Å². The molecule has 0 spiro atoms. The molecule has 0 aliphatic carbocycles. The quantitative estimate of drug-likeness (QED) is 0.247. The Morgan fingerprint density at radius 3 is 1.73 bits per heavy atom. The van der Waals surface area contributed by atoms with Crippen molar-refractivity contribution in [1.82, 2.24) is 0 Å². The van der Waals surface area contributed by atoms with Crippen LogP contribution in [0.5, 0.6) is 11.5 Å². The summed E-state index contributed by atoms with van der Waals surface area (Å²) in [6.45, 7) is 0. The van der Waals surface area contributed by atoms with Crippen LogP contribution in [-0.2, 0) is 22.4 Å². The average molecular weight is 601 g/mol. The number of carbonyl (C=O) groups is 2. The van der Waals surface area contributed by atoms with Gasteiger partial charge >= 0.3 is 12.4 Å². The van der Waals surface area contributed by atoms with E-state index >= 15 is 0 Å². The molecule has 0 aliphatic heterocycles. The molecule has 0 heterocycles. The van der Waals surface area contributed by atoms with Crippen LogP contribution >= 0.6 is 15.9 Å². The number of ether oxygens (including phenoxy) is 2. The molecule has 0 amide bonds. The van der Waals surface area contributed by atoms with Crippen molar-refractivity contribution in [3.05, 3.63) is 45.9 Å². The van der Waals surface area contributed by atoms with Crippen LogP contribution in [0.2, 0.25) is 0 Å². The van der Waals surface area contributed by atoms with Gasteiger partial charge in [0.25, 0.3) is 0 Å². The van der Waals surface area contributed by atoms with E-state index < -0.39 is 36.8 Å². The Hall–Kier alpha value is -2.96. The first-order valence-electron chi connectivity index (χ1n) is 10.8. The lowest BCUT2D eigenvalue weighted by Gasteiger charge is -2.10. The zero-order valence-electron chi connectivity index (χ0n) is 20.1. The highest BCUT2D eigenvalue weighted by Gasteiger charge is 2.37. The predicted molar refractivity (Wildman–Crippen MR) is 131 cm³/mol. The summed E-state index contributed by atoms with van der Waals surface area (Å²) < 4.78 is 82.6. The fraction of sp³-hybridized carbons (Fsp3) is 0.417. The van der Waals surface area contributed by atoms with E-state index in [1.165, 1.54) is 14.2 Å². The number of hydrogen-bond donors (Lipinski definition) is 2. The zero-order chi connectivity index (χ0) is 28.4. The molecule has 0 fully saturated rings. The van der Waals surface area contributed by atoms with Crippen molar-refractivity contribution >= 4 is 38.9 Å². The normalized spacial score (nSPS) is 11.4. The Kier molecular flexibility index (Phi) is 12.2. The Labute approximate surface area is 218 Å². The first-order valence-corrected chi connectivity index (χ1v) is 11.6. The fourth-order valence-electron chi connectivity index (χ4n) is 3.10. The second-order valence-electron chi connectivity index (χ2n) is 7.81. The van der Waals surface area contributed by atoms with Crippen LogP contribution in [0, 0.1) is 0 Å². The van der Waals surface area contributed by atoms with Gasteiger partial charge in [0.15, 0.2) is 0 Å². The van der Waals surface area contributed by atoms with E-state index in [0.29, 0.717) is 40.2 Å². The largest absolute Gasteiger partial charge is 0.495 e. The molecule has 6 nitrogen and oxygen atoms in total. The van der Waals surface area contributed by atoms with E-state index in [2.05, 4.69) is 15.9 Å². The third-order valence-corrected chi connectivity index (χ3v) is 5.78. The van der Waals surface area contributed by atoms with Crippen LogP contribution in [0.15, 0.2) is 34.8 Å². The second kappa shape index (κ2) is 14.1. The van der Waals surface area contributed by atoms with Gasteiger partial charge in [-0.3, -0.25) is 9.59 Å². The van der Waals surface area contributed by atoms with Crippen LogP contribution in [-0.4, -0.2) is 38.1 Å². The van der Waals surface area contributed by atoms with Gasteiger partial charge in [-0.25, -0.2) is 0 Å². The summed E-state index contributed by atoms with van der Waals surface area (Å²) in [6.07, 6.45) is -9.56. The highest BCUT2D eigenvalue weighted by molar-refractivity contribution is 9.10. The summed E-state index contributed by atoms with van der Waals surface area (Å²) in [6, 6.07) is 8.28. The third-order valence-electron chi connectivity index (χ3n) is 5.04. The number of ketones is 2. The van der Waals surface area contributed by atoms with Gasteiger partial charge in [-0.05, 0) is 61.1 Å². The van der Waals surface area contributed by atoms with Gasteiger partial charge in [0.05, 0.1) is 25.6 Å². The minimum Gasteiger partial charge on any atom is -0.495 e. The molecule has 0 aliphatic rings. The number of anilines is 2. The van der Waals surface area contributed by atoms with Crippen LogP contribution in [0.1, 0.15) is 36.8 Å². The highest BCUT2D eigenvalue weighted by atomic mass is 79.9. The SMILES string of the molecule is COc1cc(Br)c(CCCC(=O)C(F)(F)F)cc1N.COc1ccc(CCCC(=O)C(F)(F)F)cc1N. The first-order chi connectivity index (χ1) is 17.1. The van der Waals surface area contributed by atoms with Gasteiger partial charge in [-0.15, -0.1) is 0 Å². The van der Waals surface area contributed by atoms with E-state index in [4.69, 9.17) is 20.9 Å². The molecule has 0 saturated carbocycles. The molecule has 0 atom stereocenters. The number of Topliss-reactive ketones (excluding diaryl/α,β-unsaturated/α-hetero) is 2. The smallest absolute Gasteiger partial charge is 0.449 e. The lowest BCUT2D eigenvalue weighted by Crippen LogP contribution is -2.22. The number of methoxy groups -OCH3 is 2. The zero-order valence-corrected chi connectivity index (χ0v) is 21.6. The van der Waals surface area contributed by atoms with Crippen molar-refractivity contribution in [3.8, 4) is 11.5 Å². The number of rotatable bonds is 10. The molecule has 206 valence electrons. The molecule has 37 heavy (non-hydrogen) atoms. The summed E-state index contributed by atoms with van der Waals surface area (Å²) in [5.74, 6) is -2.39. The second-order valence-corrected chi connectivity index (χ2v) is 8.67. The van der Waals surface area contributed by atoms with Crippen molar-refractivity contribution in [2.24, 2.45) is 0 Å². The molecule has 2 aromatic carbocycles. The number of nitrogen functional groups attached to an aromatic ring is 2. The molecule has 0 bridgehead atoms. The van der Waals surface area contributed by atoms with E-state index in [-0.39, 0.29) is 12.8 Å². The fourth-order valence-corrected chi connectivity index (χ4v) is 3.62. The summed E-state index contributed by atoms with van der Waals surface area (Å²) in [7, 11) is 2.95. The van der Waals surface area contributed by atoms with Crippen molar-refractivity contribution < 1.29 is 45.4 Å². The Bertz CT molecular complexity index is 1070. The Morgan fingerprint density at radius 1 is 0.784 bits per heavy atom. The van der Waals surface area contributed by atoms with Gasteiger partial charge in [0.1, 0.15) is 11.5 Å². The predicted octanol–water partition coefficient (Wildman–Crippen LogP) is 6.23. The Balaban J connectivity index is 0.000000371. The van der Waals surface area contributed by atoms with E-state index in [0.717, 1.165) is 11.1 Å². The topological polar surface area (TPSA) is 105 Å². The molecule has 4 N–H and O–H groups in total. The lowest BCUT2D eigenvalue weighted by atomic mass is 10.1. The van der Waals surface area contributed by atoms with Gasteiger partial charge in [0, 0.05) is 17.3 Å². The number of carbonyl (C=O) groups excluding carboxylic acids is 2. The standard InChI is InChI=1S/C12H13BrF3NO2.C12H14F3NO2/c1-19-10-6-8(13)7(5-9(10)17)3-2-4-11(18)12(14,15)16;1-18-10-6-5-8(7-9(10)16)3-2-4-11(17)12(13,14)15/h5-6H,2-4,17H2,1H3;5-7H,2-4,16H2,1H3. The van der Waals surface area contributed by atoms with Crippen LogP contribution in [0.4, 0.5) is 37.7 Å². The molecule has 13 heteroatoms. The maximum absolute atomic E-state index is 12.0. The molecule has 2 aromatic rings. The summed E-state index contributed by atoms with van der Waals surface area (Å²) >= 11 is 3.29. The number of halogens is 7. The average Bonchev–Trinajstić information content (AvgIpc) is 2.80. The van der Waals surface area contributed by atoms with E-state index in [1.54, 1.807) is 30.3 Å². The van der Waals surface area contributed by atoms with Crippen molar-refractivity contribution in [1.29, 1.82) is 0 Å². The number of nitrogens with two attached hydrogens (primary N) is 2. The van der Waals surface area contributed by atoms with Crippen molar-refractivity contribution in [2.75, 3.05) is 25.7 Å². The van der Waals surface area contributed by atoms with Gasteiger partial charge in [-0.2, -0.15) is 26.3 Å². The summed E-state index contributed by atoms with van der Waals surface area (Å²) in [5, 5.41) is 0. The number of alkyl halides is 6. The van der Waals surface area contributed by atoms with Gasteiger partial charge in [0.2, 0.25) is 11.6 Å². The monoisotopic (exact) mass is 600 g/mol. The first kappa shape index (κ1) is 32.1. The summed E-state index contributed by atoms with van der Waals surface area (Å²) in [5.41, 5.74) is 13.7. The number of aryl methyl sites for hydroxylation is 2. The number of hydrogen-bond acceptors (Lipinski definition) is 6. The minimum absolute atomic E-state index is 0.114. The Morgan fingerprint density at radius 2 is 1.27 bits per heavy atom.